The molecule has 25 heavy (non-hydrogen) atoms. The van der Waals surface area contributed by atoms with Gasteiger partial charge in [-0.15, -0.1) is 0 Å². The van der Waals surface area contributed by atoms with Gasteiger partial charge in [0.1, 0.15) is 0 Å². The van der Waals surface area contributed by atoms with E-state index in [1.165, 1.54) is 0 Å². The summed E-state index contributed by atoms with van der Waals surface area (Å²) < 4.78 is 0. The Bertz CT molecular complexity index is 912. The van der Waals surface area contributed by atoms with Crippen molar-refractivity contribution >= 4 is 17.5 Å². The Morgan fingerprint density at radius 2 is 1.84 bits per heavy atom. The largest absolute Gasteiger partial charge is 0.334 e. The van der Waals surface area contributed by atoms with Gasteiger partial charge in [-0.1, -0.05) is 11.6 Å². The Kier molecular flexibility index (Phi) is 4.15. The fourth-order valence-electron chi connectivity index (χ4n) is 2.90. The van der Waals surface area contributed by atoms with Crippen molar-refractivity contribution in [2.24, 2.45) is 0 Å². The van der Waals surface area contributed by atoms with Gasteiger partial charge in [-0.25, -0.2) is 9.97 Å². The van der Waals surface area contributed by atoms with Crippen LogP contribution in [-0.4, -0.2) is 32.3 Å². The van der Waals surface area contributed by atoms with Crippen LogP contribution in [0.4, 0.5) is 0 Å². The number of hydrogen-bond donors (Lipinski definition) is 0. The molecule has 0 N–H and O–H groups in total. The third kappa shape index (κ3) is 3.23. The van der Waals surface area contributed by atoms with Crippen LogP contribution < -0.4 is 0 Å². The summed E-state index contributed by atoms with van der Waals surface area (Å²) in [4.78, 5) is 27.5. The Labute approximate surface area is 150 Å². The minimum absolute atomic E-state index is 0.00910. The molecule has 0 spiro atoms. The Morgan fingerprint density at radius 1 is 1.08 bits per heavy atom. The zero-order valence-corrected chi connectivity index (χ0v) is 14.1. The second-order valence-electron chi connectivity index (χ2n) is 5.89. The van der Waals surface area contributed by atoms with Gasteiger partial charge >= 0.3 is 0 Å². The van der Waals surface area contributed by atoms with Gasteiger partial charge in [0.25, 0.3) is 5.91 Å². The highest BCUT2D eigenvalue weighted by molar-refractivity contribution is 6.30. The number of pyridine rings is 1. The van der Waals surface area contributed by atoms with Gasteiger partial charge in [-0.3, -0.25) is 9.78 Å². The predicted molar refractivity (Wildman–Crippen MR) is 95.2 cm³/mol. The maximum Gasteiger partial charge on any atom is 0.254 e. The van der Waals surface area contributed by atoms with Gasteiger partial charge in [0, 0.05) is 59.8 Å². The Balaban J connectivity index is 1.56. The third-order valence-electron chi connectivity index (χ3n) is 4.25. The maximum atomic E-state index is 12.6. The van der Waals surface area contributed by atoms with E-state index in [0.717, 1.165) is 23.2 Å². The number of hydrogen-bond acceptors (Lipinski definition) is 4. The molecule has 1 aromatic carbocycles. The van der Waals surface area contributed by atoms with Crippen LogP contribution in [0, 0.1) is 0 Å². The molecule has 0 bridgehead atoms. The minimum atomic E-state index is 0.00910. The molecular formula is C19H15ClN4O. The van der Waals surface area contributed by atoms with Crippen LogP contribution in [0.3, 0.4) is 0 Å². The molecule has 0 aliphatic carbocycles. The lowest BCUT2D eigenvalue weighted by atomic mass is 10.1. The van der Waals surface area contributed by atoms with Crippen LogP contribution >= 0.6 is 11.6 Å². The normalized spacial score (nSPS) is 13.4. The second-order valence-corrected chi connectivity index (χ2v) is 6.32. The average molecular weight is 351 g/mol. The summed E-state index contributed by atoms with van der Waals surface area (Å²) in [5.74, 6) is 0.694. The number of carbonyl (C=O) groups is 1. The van der Waals surface area contributed by atoms with Gasteiger partial charge in [-0.05, 0) is 36.4 Å². The van der Waals surface area contributed by atoms with E-state index in [9.17, 15) is 4.79 Å². The van der Waals surface area contributed by atoms with Crippen LogP contribution in [0.2, 0.25) is 5.02 Å². The molecule has 1 aliphatic rings. The molecule has 0 saturated heterocycles. The van der Waals surface area contributed by atoms with E-state index < -0.39 is 0 Å². The standard InChI is InChI=1S/C19H15ClN4O/c20-16-3-1-13(2-4-16)18-22-11-15-12-24(10-7-17(15)23-18)19(25)14-5-8-21-9-6-14/h1-6,8-9,11H,7,10,12H2. The molecule has 2 aromatic heterocycles. The molecule has 0 saturated carbocycles. The van der Waals surface area contributed by atoms with Crippen molar-refractivity contribution in [2.75, 3.05) is 6.54 Å². The monoisotopic (exact) mass is 350 g/mol. The fraction of sp³-hybridized carbons (Fsp3) is 0.158. The highest BCUT2D eigenvalue weighted by Crippen LogP contribution is 2.23. The van der Waals surface area contributed by atoms with E-state index in [1.54, 1.807) is 24.5 Å². The third-order valence-corrected chi connectivity index (χ3v) is 4.50. The number of fused-ring (bicyclic) bond motifs is 1. The van der Waals surface area contributed by atoms with E-state index in [4.69, 9.17) is 11.6 Å². The van der Waals surface area contributed by atoms with Gasteiger partial charge < -0.3 is 4.90 Å². The number of amides is 1. The van der Waals surface area contributed by atoms with Gasteiger partial charge in [-0.2, -0.15) is 0 Å². The molecule has 0 fully saturated rings. The van der Waals surface area contributed by atoms with Crippen molar-refractivity contribution in [1.82, 2.24) is 19.9 Å². The molecule has 1 amide bonds. The molecule has 3 aromatic rings. The van der Waals surface area contributed by atoms with Crippen LogP contribution in [-0.2, 0) is 13.0 Å². The number of aromatic nitrogens is 3. The summed E-state index contributed by atoms with van der Waals surface area (Å²) >= 11 is 5.93. The van der Waals surface area contributed by atoms with E-state index >= 15 is 0 Å². The Morgan fingerprint density at radius 3 is 2.60 bits per heavy atom. The highest BCUT2D eigenvalue weighted by atomic mass is 35.5. The molecular weight excluding hydrogens is 336 g/mol. The molecule has 5 nitrogen and oxygen atoms in total. The van der Waals surface area contributed by atoms with Crippen molar-refractivity contribution in [3.8, 4) is 11.4 Å². The first-order chi connectivity index (χ1) is 12.2. The van der Waals surface area contributed by atoms with Gasteiger partial charge in [0.2, 0.25) is 0 Å². The molecule has 124 valence electrons. The van der Waals surface area contributed by atoms with Crippen LogP contribution in [0.25, 0.3) is 11.4 Å². The van der Waals surface area contributed by atoms with E-state index in [0.29, 0.717) is 29.5 Å². The van der Waals surface area contributed by atoms with E-state index in [2.05, 4.69) is 15.0 Å². The lowest BCUT2D eigenvalue weighted by Gasteiger charge is -2.28. The lowest BCUT2D eigenvalue weighted by Crippen LogP contribution is -2.36. The summed E-state index contributed by atoms with van der Waals surface area (Å²) in [7, 11) is 0. The number of rotatable bonds is 2. The minimum Gasteiger partial charge on any atom is -0.334 e. The number of benzene rings is 1. The van der Waals surface area contributed by atoms with Crippen LogP contribution in [0.1, 0.15) is 21.6 Å². The SMILES string of the molecule is O=C(c1ccncc1)N1CCc2nc(-c3ccc(Cl)cc3)ncc2C1. The smallest absolute Gasteiger partial charge is 0.254 e. The first kappa shape index (κ1) is 15.7. The molecule has 1 aliphatic heterocycles. The maximum absolute atomic E-state index is 12.6. The summed E-state index contributed by atoms with van der Waals surface area (Å²) in [5, 5.41) is 0.687. The summed E-state index contributed by atoms with van der Waals surface area (Å²) in [5.41, 5.74) is 3.57. The topological polar surface area (TPSA) is 59.0 Å². The van der Waals surface area contributed by atoms with Gasteiger partial charge in [0.15, 0.2) is 5.82 Å². The van der Waals surface area contributed by atoms with Crippen molar-refractivity contribution in [3.05, 3.63) is 76.8 Å². The summed E-state index contributed by atoms with van der Waals surface area (Å²) in [6.07, 6.45) is 5.80. The van der Waals surface area contributed by atoms with Crippen molar-refractivity contribution in [1.29, 1.82) is 0 Å². The molecule has 3 heterocycles. The number of carbonyl (C=O) groups excluding carboxylic acids is 1. The van der Waals surface area contributed by atoms with E-state index in [-0.39, 0.29) is 5.91 Å². The number of halogens is 1. The van der Waals surface area contributed by atoms with Crippen LogP contribution in [0.5, 0.6) is 0 Å². The lowest BCUT2D eigenvalue weighted by molar-refractivity contribution is 0.0733. The van der Waals surface area contributed by atoms with Crippen LogP contribution in [0.15, 0.2) is 55.0 Å². The summed E-state index contributed by atoms with van der Waals surface area (Å²) in [6.45, 7) is 1.17. The first-order valence-corrected chi connectivity index (χ1v) is 8.38. The summed E-state index contributed by atoms with van der Waals surface area (Å²) in [6, 6.07) is 10.9. The molecule has 0 atom stereocenters. The van der Waals surface area contributed by atoms with Crippen molar-refractivity contribution in [2.45, 2.75) is 13.0 Å². The predicted octanol–water partition coefficient (Wildman–Crippen LogP) is 3.39. The molecule has 6 heteroatoms. The highest BCUT2D eigenvalue weighted by Gasteiger charge is 2.23. The quantitative estimate of drug-likeness (QED) is 0.710. The second kappa shape index (κ2) is 6.61. The zero-order chi connectivity index (χ0) is 17.2. The van der Waals surface area contributed by atoms with E-state index in [1.807, 2.05) is 35.4 Å². The average Bonchev–Trinajstić information content (AvgIpc) is 2.68. The van der Waals surface area contributed by atoms with Crippen molar-refractivity contribution < 1.29 is 4.79 Å². The number of nitrogens with zero attached hydrogens (tertiary/aromatic N) is 4. The van der Waals surface area contributed by atoms with Gasteiger partial charge in [0.05, 0.1) is 5.69 Å². The fourth-order valence-corrected chi connectivity index (χ4v) is 3.03. The molecule has 4 rings (SSSR count). The Hall–Kier alpha value is -2.79. The first-order valence-electron chi connectivity index (χ1n) is 8.01. The molecule has 0 unspecified atom stereocenters. The zero-order valence-electron chi connectivity index (χ0n) is 13.4. The van der Waals surface area contributed by atoms with Crippen molar-refractivity contribution in [3.63, 3.8) is 0 Å². The molecule has 0 radical (unpaired) electrons.